The molecule has 0 amide bonds. The van der Waals surface area contributed by atoms with E-state index in [2.05, 4.69) is 0 Å². The van der Waals surface area contributed by atoms with E-state index in [9.17, 15) is 34.8 Å². The molecule has 0 saturated carbocycles. The number of fused-ring (bicyclic) bond motifs is 2. The van der Waals surface area contributed by atoms with E-state index in [4.69, 9.17) is 38.3 Å². The van der Waals surface area contributed by atoms with Gasteiger partial charge in [0.05, 0.1) is 13.0 Å². The van der Waals surface area contributed by atoms with E-state index in [1.165, 1.54) is 13.2 Å². The third-order valence-corrected chi connectivity index (χ3v) is 6.75. The summed E-state index contributed by atoms with van der Waals surface area (Å²) >= 11 is 0. The molecule has 220 valence electrons. The van der Waals surface area contributed by atoms with E-state index in [-0.39, 0.29) is 30.5 Å². The van der Waals surface area contributed by atoms with Crippen LogP contribution < -0.4 is 23.7 Å². The number of aliphatic carboxylic acids is 1. The van der Waals surface area contributed by atoms with Gasteiger partial charge in [0.25, 0.3) is 0 Å². The van der Waals surface area contributed by atoms with Gasteiger partial charge in [-0.2, -0.15) is 0 Å². The van der Waals surface area contributed by atoms with Crippen LogP contribution in [0.25, 0.3) is 0 Å². The number of methoxy groups -OCH3 is 1. The van der Waals surface area contributed by atoms with Crippen molar-refractivity contribution in [3.8, 4) is 34.5 Å². The van der Waals surface area contributed by atoms with E-state index in [1.807, 2.05) is 0 Å². The SMILES string of the molecule is COc1cc2c(cc1[C@@H]1COc3cc(O[C@@H]4O[C@H](COC(=O)CC(=O)O)[C@@H](O)[C@H](O)[C@H]4O)cc(O)c3C1=O)OCO2. The van der Waals surface area contributed by atoms with Crippen LogP contribution in [-0.4, -0.2) is 101 Å². The summed E-state index contributed by atoms with van der Waals surface area (Å²) in [4.78, 5) is 35.7. The van der Waals surface area contributed by atoms with Gasteiger partial charge in [-0.1, -0.05) is 0 Å². The van der Waals surface area contributed by atoms with Crippen LogP contribution in [0.3, 0.4) is 0 Å². The molecule has 0 aromatic heterocycles. The summed E-state index contributed by atoms with van der Waals surface area (Å²) in [5, 5.41) is 50.3. The van der Waals surface area contributed by atoms with E-state index in [1.54, 1.807) is 12.1 Å². The topological polar surface area (TPSA) is 217 Å². The van der Waals surface area contributed by atoms with Crippen LogP contribution in [0.15, 0.2) is 24.3 Å². The minimum atomic E-state index is -1.79. The summed E-state index contributed by atoms with van der Waals surface area (Å²) in [5.41, 5.74) is 0.339. The molecule has 0 bridgehead atoms. The first-order valence-electron chi connectivity index (χ1n) is 12.3. The first-order chi connectivity index (χ1) is 19.6. The molecule has 2 aromatic carbocycles. The predicted molar refractivity (Wildman–Crippen MR) is 130 cm³/mol. The van der Waals surface area contributed by atoms with Gasteiger partial charge >= 0.3 is 11.9 Å². The number of carboxylic acid groups (broad SMARTS) is 1. The van der Waals surface area contributed by atoms with Gasteiger partial charge in [0.15, 0.2) is 17.3 Å². The standard InChI is InChI=1S/C26H26O15/c1-35-14-5-16-15(38-9-39-16)4-11(14)12-7-36-17-3-10(2-13(27)21(17)22(12)31)40-26-25(34)24(33)23(32)18(41-26)8-37-20(30)6-19(28)29/h2-5,12,18,23-27,32-34H,6-9H2,1H3,(H,28,29)/t12-,18+,23+,24-,25+,26+/m0/s1. The molecule has 15 heteroatoms. The fraction of sp³-hybridized carbons (Fsp3) is 0.423. The highest BCUT2D eigenvalue weighted by atomic mass is 16.7. The number of ketones is 1. The fourth-order valence-corrected chi connectivity index (χ4v) is 4.68. The average molecular weight is 578 g/mol. The van der Waals surface area contributed by atoms with Crippen molar-refractivity contribution in [3.05, 3.63) is 35.4 Å². The Morgan fingerprint density at radius 1 is 0.976 bits per heavy atom. The van der Waals surface area contributed by atoms with Crippen molar-refractivity contribution < 1.29 is 73.1 Å². The molecular formula is C26H26O15. The number of rotatable bonds is 8. The van der Waals surface area contributed by atoms with Gasteiger partial charge in [-0.25, -0.2) is 0 Å². The normalized spacial score (nSPS) is 26.5. The number of esters is 1. The lowest BCUT2D eigenvalue weighted by atomic mass is 9.87. The Bertz CT molecular complexity index is 1360. The number of hydrogen-bond acceptors (Lipinski definition) is 14. The largest absolute Gasteiger partial charge is 0.507 e. The number of carbonyl (C=O) groups excluding carboxylic acids is 2. The quantitative estimate of drug-likeness (QED) is 0.201. The highest BCUT2D eigenvalue weighted by molar-refractivity contribution is 6.07. The molecule has 1 saturated heterocycles. The van der Waals surface area contributed by atoms with E-state index in [0.29, 0.717) is 22.8 Å². The third kappa shape index (κ3) is 5.52. The van der Waals surface area contributed by atoms with Crippen molar-refractivity contribution in [1.82, 2.24) is 0 Å². The summed E-state index contributed by atoms with van der Waals surface area (Å²) in [5.74, 6) is -3.24. The first-order valence-corrected chi connectivity index (χ1v) is 12.3. The maximum absolute atomic E-state index is 13.5. The summed E-state index contributed by atoms with van der Waals surface area (Å²) in [6.07, 6.45) is -9.22. The van der Waals surface area contributed by atoms with Crippen molar-refractivity contribution in [2.45, 2.75) is 43.0 Å². The van der Waals surface area contributed by atoms with Crippen molar-refractivity contribution in [2.75, 3.05) is 27.1 Å². The van der Waals surface area contributed by atoms with Crippen molar-refractivity contribution in [2.24, 2.45) is 0 Å². The van der Waals surface area contributed by atoms with Gasteiger partial charge in [-0.15, -0.1) is 0 Å². The van der Waals surface area contributed by atoms with Crippen LogP contribution in [0, 0.1) is 0 Å². The molecular weight excluding hydrogens is 552 g/mol. The summed E-state index contributed by atoms with van der Waals surface area (Å²) in [7, 11) is 1.44. The minimum Gasteiger partial charge on any atom is -0.507 e. The highest BCUT2D eigenvalue weighted by Crippen LogP contribution is 2.46. The molecule has 0 radical (unpaired) electrons. The number of carbonyl (C=O) groups is 3. The molecule has 15 nitrogen and oxygen atoms in total. The summed E-state index contributed by atoms with van der Waals surface area (Å²) in [6, 6.07) is 5.56. The van der Waals surface area contributed by atoms with E-state index in [0.717, 1.165) is 6.07 Å². The average Bonchev–Trinajstić information content (AvgIpc) is 3.39. The van der Waals surface area contributed by atoms with Crippen LogP contribution in [0.5, 0.6) is 34.5 Å². The molecule has 0 aliphatic carbocycles. The Labute approximate surface area is 231 Å². The molecule has 6 atom stereocenters. The van der Waals surface area contributed by atoms with Gasteiger partial charge in [0, 0.05) is 23.8 Å². The van der Waals surface area contributed by atoms with Crippen LogP contribution in [-0.2, 0) is 19.1 Å². The number of hydrogen-bond donors (Lipinski definition) is 5. The van der Waals surface area contributed by atoms with Gasteiger partial charge in [-0.3, -0.25) is 14.4 Å². The molecule has 5 N–H and O–H groups in total. The Hall–Kier alpha value is -4.31. The lowest BCUT2D eigenvalue weighted by Crippen LogP contribution is -2.60. The Morgan fingerprint density at radius 3 is 2.41 bits per heavy atom. The zero-order chi connectivity index (χ0) is 29.4. The molecule has 3 aliphatic heterocycles. The van der Waals surface area contributed by atoms with Gasteiger partial charge in [-0.05, 0) is 6.07 Å². The molecule has 2 aromatic rings. The smallest absolute Gasteiger partial charge is 0.317 e. The first kappa shape index (κ1) is 28.2. The second-order valence-corrected chi connectivity index (χ2v) is 9.38. The van der Waals surface area contributed by atoms with Gasteiger partial charge in [0.1, 0.15) is 72.6 Å². The number of ether oxygens (including phenoxy) is 7. The Kier molecular flexibility index (Phi) is 7.77. The Morgan fingerprint density at radius 2 is 1.71 bits per heavy atom. The Balaban J connectivity index is 1.33. The fourth-order valence-electron chi connectivity index (χ4n) is 4.68. The van der Waals surface area contributed by atoms with Crippen molar-refractivity contribution in [1.29, 1.82) is 0 Å². The molecule has 0 spiro atoms. The molecule has 1 fully saturated rings. The lowest BCUT2D eigenvalue weighted by molar-refractivity contribution is -0.278. The zero-order valence-electron chi connectivity index (χ0n) is 21.4. The number of Topliss-reactive ketones (excluding diaryl/α,β-unsaturated/α-hetero) is 1. The van der Waals surface area contributed by atoms with Crippen LogP contribution in [0.2, 0.25) is 0 Å². The maximum Gasteiger partial charge on any atom is 0.317 e. The van der Waals surface area contributed by atoms with E-state index < -0.39 is 73.1 Å². The third-order valence-electron chi connectivity index (χ3n) is 6.75. The summed E-state index contributed by atoms with van der Waals surface area (Å²) in [6.45, 7) is -0.744. The lowest BCUT2D eigenvalue weighted by Gasteiger charge is -2.40. The van der Waals surface area contributed by atoms with Crippen molar-refractivity contribution in [3.63, 3.8) is 0 Å². The van der Waals surface area contributed by atoms with Gasteiger partial charge < -0.3 is 58.7 Å². The molecule has 41 heavy (non-hydrogen) atoms. The highest BCUT2D eigenvalue weighted by Gasteiger charge is 2.46. The molecule has 5 rings (SSSR count). The van der Waals surface area contributed by atoms with Crippen LogP contribution >= 0.6 is 0 Å². The number of phenols is 1. The predicted octanol–water partition coefficient (Wildman–Crippen LogP) is -0.307. The van der Waals surface area contributed by atoms with Crippen molar-refractivity contribution >= 4 is 17.7 Å². The zero-order valence-corrected chi connectivity index (χ0v) is 21.4. The minimum absolute atomic E-state index is 0.0222. The second kappa shape index (κ2) is 11.3. The second-order valence-electron chi connectivity index (χ2n) is 9.38. The number of phenolic OH excluding ortho intramolecular Hbond substituents is 1. The number of aliphatic hydroxyl groups excluding tert-OH is 3. The number of aliphatic hydroxyl groups is 3. The molecule has 3 aliphatic rings. The summed E-state index contributed by atoms with van der Waals surface area (Å²) < 4.78 is 37.8. The van der Waals surface area contributed by atoms with Crippen LogP contribution in [0.4, 0.5) is 0 Å². The molecule has 3 heterocycles. The molecule has 0 unspecified atom stereocenters. The van der Waals surface area contributed by atoms with Crippen LogP contribution in [0.1, 0.15) is 28.3 Å². The van der Waals surface area contributed by atoms with E-state index >= 15 is 0 Å². The number of benzene rings is 2. The number of aromatic hydroxyl groups is 1. The number of carboxylic acids is 1. The maximum atomic E-state index is 13.5. The monoisotopic (exact) mass is 578 g/mol. The van der Waals surface area contributed by atoms with Gasteiger partial charge in [0.2, 0.25) is 13.1 Å².